The normalized spacial score (nSPS) is 10.2. The molecule has 2 rings (SSSR count). The van der Waals surface area contributed by atoms with E-state index in [0.717, 1.165) is 0 Å². The predicted octanol–water partition coefficient (Wildman–Crippen LogP) is 3.85. The molecule has 0 fully saturated rings. The Morgan fingerprint density at radius 2 is 1.73 bits per heavy atom. The van der Waals surface area contributed by atoms with Gasteiger partial charge in [-0.05, 0) is 24.3 Å². The molecule has 0 aliphatic rings. The van der Waals surface area contributed by atoms with Crippen LogP contribution in [0.4, 0.5) is 11.4 Å². The number of halogens is 2. The van der Waals surface area contributed by atoms with Crippen LogP contribution in [0.25, 0.3) is 0 Å². The highest BCUT2D eigenvalue weighted by Gasteiger charge is 2.15. The van der Waals surface area contributed by atoms with Gasteiger partial charge < -0.3 is 20.5 Å². The smallest absolute Gasteiger partial charge is 0.259 e. The van der Waals surface area contributed by atoms with Crippen molar-refractivity contribution < 1.29 is 14.3 Å². The summed E-state index contributed by atoms with van der Waals surface area (Å²) in [4.78, 5) is 12.4. The predicted molar refractivity (Wildman–Crippen MR) is 88.4 cm³/mol. The highest BCUT2D eigenvalue weighted by atomic mass is 35.5. The average molecular weight is 341 g/mol. The molecule has 1 amide bonds. The second kappa shape index (κ2) is 6.77. The number of carbonyl (C=O) groups excluding carboxylic acids is 1. The summed E-state index contributed by atoms with van der Waals surface area (Å²) < 4.78 is 10.3. The molecule has 5 nitrogen and oxygen atoms in total. The van der Waals surface area contributed by atoms with Crippen LogP contribution in [0.1, 0.15) is 10.4 Å². The highest BCUT2D eigenvalue weighted by Crippen LogP contribution is 2.32. The van der Waals surface area contributed by atoms with Crippen molar-refractivity contribution in [1.29, 1.82) is 0 Å². The largest absolute Gasteiger partial charge is 0.497 e. The molecule has 0 spiro atoms. The van der Waals surface area contributed by atoms with Crippen molar-refractivity contribution in [2.24, 2.45) is 0 Å². The van der Waals surface area contributed by atoms with Gasteiger partial charge in [-0.2, -0.15) is 0 Å². The summed E-state index contributed by atoms with van der Waals surface area (Å²) in [5.74, 6) is 0.618. The van der Waals surface area contributed by atoms with Crippen LogP contribution >= 0.6 is 23.2 Å². The zero-order chi connectivity index (χ0) is 16.3. The van der Waals surface area contributed by atoms with Gasteiger partial charge in [0.1, 0.15) is 11.5 Å². The van der Waals surface area contributed by atoms with Crippen LogP contribution in [0.15, 0.2) is 30.3 Å². The molecule has 0 unspecified atom stereocenters. The SMILES string of the molecule is COc1ccc(C(=O)Nc2cc(Cl)c(N)c(Cl)c2)c(OC)c1. The first-order valence-electron chi connectivity index (χ1n) is 6.24. The summed E-state index contributed by atoms with van der Waals surface area (Å²) >= 11 is 11.9. The first-order chi connectivity index (χ1) is 10.5. The number of ether oxygens (including phenoxy) is 2. The second-order valence-corrected chi connectivity index (χ2v) is 5.19. The van der Waals surface area contributed by atoms with Gasteiger partial charge in [-0.15, -0.1) is 0 Å². The van der Waals surface area contributed by atoms with E-state index in [0.29, 0.717) is 22.7 Å². The maximum Gasteiger partial charge on any atom is 0.259 e. The van der Waals surface area contributed by atoms with Crippen LogP contribution in [0.3, 0.4) is 0 Å². The summed E-state index contributed by atoms with van der Waals surface area (Å²) in [5, 5.41) is 3.23. The number of hydrogen-bond donors (Lipinski definition) is 2. The highest BCUT2D eigenvalue weighted by molar-refractivity contribution is 6.39. The fraction of sp³-hybridized carbons (Fsp3) is 0.133. The van der Waals surface area contributed by atoms with E-state index in [-0.39, 0.29) is 21.6 Å². The topological polar surface area (TPSA) is 73.6 Å². The van der Waals surface area contributed by atoms with Gasteiger partial charge in [0, 0.05) is 11.8 Å². The first-order valence-corrected chi connectivity index (χ1v) is 6.99. The molecular formula is C15H14Cl2N2O3. The minimum Gasteiger partial charge on any atom is -0.497 e. The van der Waals surface area contributed by atoms with Crippen molar-refractivity contribution in [3.05, 3.63) is 45.9 Å². The molecule has 0 aliphatic heterocycles. The molecule has 0 heterocycles. The molecule has 0 bridgehead atoms. The van der Waals surface area contributed by atoms with Crippen LogP contribution in [0, 0.1) is 0 Å². The third kappa shape index (κ3) is 3.37. The standard InChI is InChI=1S/C15H14Cl2N2O3/c1-21-9-3-4-10(13(7-9)22-2)15(20)19-8-5-11(16)14(18)12(17)6-8/h3-7H,18H2,1-2H3,(H,19,20). The molecule has 2 aromatic carbocycles. The Labute approximate surface area is 137 Å². The summed E-state index contributed by atoms with van der Waals surface area (Å²) in [6.07, 6.45) is 0. The molecular weight excluding hydrogens is 327 g/mol. The van der Waals surface area contributed by atoms with E-state index in [4.69, 9.17) is 38.4 Å². The molecule has 0 aliphatic carbocycles. The molecule has 7 heteroatoms. The molecule has 3 N–H and O–H groups in total. The molecule has 0 atom stereocenters. The number of rotatable bonds is 4. The Balaban J connectivity index is 2.29. The lowest BCUT2D eigenvalue weighted by Crippen LogP contribution is -2.13. The van der Waals surface area contributed by atoms with E-state index in [1.54, 1.807) is 18.2 Å². The lowest BCUT2D eigenvalue weighted by molar-refractivity contribution is 0.102. The van der Waals surface area contributed by atoms with Crippen molar-refractivity contribution in [3.63, 3.8) is 0 Å². The van der Waals surface area contributed by atoms with Crippen LogP contribution in [-0.4, -0.2) is 20.1 Å². The van der Waals surface area contributed by atoms with Crippen LogP contribution in [-0.2, 0) is 0 Å². The monoisotopic (exact) mass is 340 g/mol. The number of hydrogen-bond acceptors (Lipinski definition) is 4. The minimum absolute atomic E-state index is 0.267. The van der Waals surface area contributed by atoms with Gasteiger partial charge in [0.2, 0.25) is 0 Å². The number of nitrogen functional groups attached to an aromatic ring is 1. The van der Waals surface area contributed by atoms with Crippen molar-refractivity contribution in [2.45, 2.75) is 0 Å². The summed E-state index contributed by atoms with van der Waals surface area (Å²) in [5.41, 5.74) is 6.72. The van der Waals surface area contributed by atoms with Crippen molar-refractivity contribution in [1.82, 2.24) is 0 Å². The quantitative estimate of drug-likeness (QED) is 0.829. The average Bonchev–Trinajstić information content (AvgIpc) is 2.51. The number of anilines is 2. The summed E-state index contributed by atoms with van der Waals surface area (Å²) in [6, 6.07) is 7.94. The van der Waals surface area contributed by atoms with Gasteiger partial charge in [0.15, 0.2) is 0 Å². The van der Waals surface area contributed by atoms with Crippen LogP contribution in [0.5, 0.6) is 11.5 Å². The lowest BCUT2D eigenvalue weighted by atomic mass is 10.1. The van der Waals surface area contributed by atoms with Crippen molar-refractivity contribution in [2.75, 3.05) is 25.3 Å². The van der Waals surface area contributed by atoms with Crippen molar-refractivity contribution >= 4 is 40.5 Å². The van der Waals surface area contributed by atoms with E-state index >= 15 is 0 Å². The number of benzene rings is 2. The minimum atomic E-state index is -0.364. The maximum absolute atomic E-state index is 12.4. The van der Waals surface area contributed by atoms with Crippen LogP contribution in [0.2, 0.25) is 10.0 Å². The van der Waals surface area contributed by atoms with Gasteiger partial charge in [-0.1, -0.05) is 23.2 Å². The number of nitrogens with one attached hydrogen (secondary N) is 1. The molecule has 2 aromatic rings. The van der Waals surface area contributed by atoms with E-state index in [9.17, 15) is 4.79 Å². The van der Waals surface area contributed by atoms with Crippen LogP contribution < -0.4 is 20.5 Å². The van der Waals surface area contributed by atoms with Gasteiger partial charge >= 0.3 is 0 Å². The molecule has 0 saturated carbocycles. The Bertz CT molecular complexity index is 697. The third-order valence-electron chi connectivity index (χ3n) is 2.99. The maximum atomic E-state index is 12.4. The molecule has 0 aromatic heterocycles. The fourth-order valence-corrected chi connectivity index (χ4v) is 2.33. The van der Waals surface area contributed by atoms with E-state index in [1.807, 2.05) is 0 Å². The Morgan fingerprint density at radius 1 is 1.09 bits per heavy atom. The van der Waals surface area contributed by atoms with Gasteiger partial charge in [0.05, 0.1) is 35.5 Å². The van der Waals surface area contributed by atoms with Gasteiger partial charge in [-0.3, -0.25) is 4.79 Å². The van der Waals surface area contributed by atoms with Crippen molar-refractivity contribution in [3.8, 4) is 11.5 Å². The van der Waals surface area contributed by atoms with Gasteiger partial charge in [0.25, 0.3) is 5.91 Å². The number of nitrogens with two attached hydrogens (primary N) is 1. The number of amides is 1. The Morgan fingerprint density at radius 3 is 2.27 bits per heavy atom. The number of methoxy groups -OCH3 is 2. The zero-order valence-electron chi connectivity index (χ0n) is 11.9. The molecule has 22 heavy (non-hydrogen) atoms. The fourth-order valence-electron chi connectivity index (χ4n) is 1.84. The molecule has 116 valence electrons. The zero-order valence-corrected chi connectivity index (χ0v) is 13.5. The van der Waals surface area contributed by atoms with Gasteiger partial charge in [-0.25, -0.2) is 0 Å². The van der Waals surface area contributed by atoms with E-state index < -0.39 is 0 Å². The second-order valence-electron chi connectivity index (χ2n) is 4.37. The third-order valence-corrected chi connectivity index (χ3v) is 3.62. The number of carbonyl (C=O) groups is 1. The lowest BCUT2D eigenvalue weighted by Gasteiger charge is -2.12. The first kappa shape index (κ1) is 16.3. The van der Waals surface area contributed by atoms with E-state index in [1.165, 1.54) is 26.4 Å². The molecule has 0 radical (unpaired) electrons. The summed E-state index contributed by atoms with van der Waals surface area (Å²) in [7, 11) is 3.01. The Hall–Kier alpha value is -2.11. The summed E-state index contributed by atoms with van der Waals surface area (Å²) in [6.45, 7) is 0. The molecule has 0 saturated heterocycles. The van der Waals surface area contributed by atoms with E-state index in [2.05, 4.69) is 5.32 Å². The Kier molecular flexibility index (Phi) is 5.00.